The summed E-state index contributed by atoms with van der Waals surface area (Å²) in [6.45, 7) is 1.77. The zero-order valence-electron chi connectivity index (χ0n) is 9.78. The first-order valence-electron chi connectivity index (χ1n) is 5.89. The number of fused-ring (bicyclic) bond motifs is 1. The number of anilines is 2. The summed E-state index contributed by atoms with van der Waals surface area (Å²) in [5, 5.41) is 6.35. The van der Waals surface area contributed by atoms with E-state index in [0.717, 1.165) is 36.5 Å². The van der Waals surface area contributed by atoms with Crippen LogP contribution in [0.5, 0.6) is 0 Å². The molecule has 0 saturated heterocycles. The van der Waals surface area contributed by atoms with Gasteiger partial charge >= 0.3 is 0 Å². The molecule has 2 N–H and O–H groups in total. The molecule has 0 bridgehead atoms. The lowest BCUT2D eigenvalue weighted by Gasteiger charge is -2.16. The number of hydrogen-bond donors (Lipinski definition) is 2. The van der Waals surface area contributed by atoms with Crippen molar-refractivity contribution >= 4 is 11.6 Å². The van der Waals surface area contributed by atoms with Crippen molar-refractivity contribution in [2.45, 2.75) is 13.0 Å². The number of nitrogens with one attached hydrogen (secondary N) is 2. The lowest BCUT2D eigenvalue weighted by molar-refractivity contribution is 0.626. The standard InChI is InChI=1S/C13H13FN4/c14-10-1-3-11(4-2-10)17-13-16-8-9-7-15-6-5-12(9)18-13/h1-4,8,15H,5-7H2,(H,16,17,18). The van der Waals surface area contributed by atoms with Crippen molar-refractivity contribution < 1.29 is 4.39 Å². The van der Waals surface area contributed by atoms with Crippen LogP contribution in [-0.2, 0) is 13.0 Å². The van der Waals surface area contributed by atoms with Crippen LogP contribution in [0, 0.1) is 5.82 Å². The molecular formula is C13H13FN4. The molecule has 0 unspecified atom stereocenters. The summed E-state index contributed by atoms with van der Waals surface area (Å²) >= 11 is 0. The molecule has 18 heavy (non-hydrogen) atoms. The lowest BCUT2D eigenvalue weighted by atomic mass is 10.1. The third kappa shape index (κ3) is 2.31. The van der Waals surface area contributed by atoms with Gasteiger partial charge in [0.2, 0.25) is 5.95 Å². The highest BCUT2D eigenvalue weighted by Crippen LogP contribution is 2.16. The number of rotatable bonds is 2. The molecule has 3 rings (SSSR count). The average Bonchev–Trinajstić information content (AvgIpc) is 2.41. The van der Waals surface area contributed by atoms with Crippen LogP contribution in [0.2, 0.25) is 0 Å². The Morgan fingerprint density at radius 2 is 2.06 bits per heavy atom. The van der Waals surface area contributed by atoms with Crippen LogP contribution >= 0.6 is 0 Å². The van der Waals surface area contributed by atoms with Gasteiger partial charge in [-0.25, -0.2) is 14.4 Å². The molecule has 92 valence electrons. The number of nitrogens with zero attached hydrogens (tertiary/aromatic N) is 2. The maximum Gasteiger partial charge on any atom is 0.227 e. The van der Waals surface area contributed by atoms with Crippen LogP contribution in [-0.4, -0.2) is 16.5 Å². The van der Waals surface area contributed by atoms with Gasteiger partial charge in [0.05, 0.1) is 5.69 Å². The smallest absolute Gasteiger partial charge is 0.227 e. The molecule has 2 aromatic rings. The van der Waals surface area contributed by atoms with Gasteiger partial charge in [0, 0.05) is 37.0 Å². The zero-order valence-corrected chi connectivity index (χ0v) is 9.78. The summed E-state index contributed by atoms with van der Waals surface area (Å²) in [4.78, 5) is 8.73. The first-order chi connectivity index (χ1) is 8.81. The number of benzene rings is 1. The molecule has 0 saturated carbocycles. The second kappa shape index (κ2) is 4.70. The molecular weight excluding hydrogens is 231 g/mol. The Kier molecular flexibility index (Phi) is 2.90. The van der Waals surface area contributed by atoms with E-state index in [2.05, 4.69) is 20.6 Å². The second-order valence-electron chi connectivity index (χ2n) is 4.22. The Morgan fingerprint density at radius 3 is 2.89 bits per heavy atom. The third-order valence-electron chi connectivity index (χ3n) is 2.91. The minimum atomic E-state index is -0.252. The van der Waals surface area contributed by atoms with Gasteiger partial charge in [0.15, 0.2) is 0 Å². The monoisotopic (exact) mass is 244 g/mol. The molecule has 0 fully saturated rings. The topological polar surface area (TPSA) is 49.8 Å². The summed E-state index contributed by atoms with van der Waals surface area (Å²) in [7, 11) is 0. The third-order valence-corrected chi connectivity index (χ3v) is 2.91. The molecule has 0 amide bonds. The van der Waals surface area contributed by atoms with Crippen LogP contribution in [0.15, 0.2) is 30.5 Å². The quantitative estimate of drug-likeness (QED) is 0.848. The minimum absolute atomic E-state index is 0.252. The molecule has 5 heteroatoms. The van der Waals surface area contributed by atoms with Gasteiger partial charge in [-0.05, 0) is 24.3 Å². The molecule has 1 aliphatic rings. The fourth-order valence-electron chi connectivity index (χ4n) is 1.96. The number of halogens is 1. The van der Waals surface area contributed by atoms with Gasteiger partial charge in [-0.2, -0.15) is 0 Å². The molecule has 0 radical (unpaired) electrons. The van der Waals surface area contributed by atoms with Crippen LogP contribution < -0.4 is 10.6 Å². The average molecular weight is 244 g/mol. The SMILES string of the molecule is Fc1ccc(Nc2ncc3c(n2)CCNC3)cc1. The van der Waals surface area contributed by atoms with Crippen molar-refractivity contribution in [3.63, 3.8) is 0 Å². The largest absolute Gasteiger partial charge is 0.324 e. The summed E-state index contributed by atoms with van der Waals surface area (Å²) < 4.78 is 12.8. The van der Waals surface area contributed by atoms with E-state index in [4.69, 9.17) is 0 Å². The van der Waals surface area contributed by atoms with Gasteiger partial charge in [0.25, 0.3) is 0 Å². The molecule has 2 heterocycles. The second-order valence-corrected chi connectivity index (χ2v) is 4.22. The van der Waals surface area contributed by atoms with E-state index < -0.39 is 0 Å². The van der Waals surface area contributed by atoms with Gasteiger partial charge in [-0.3, -0.25) is 0 Å². The molecule has 1 aromatic heterocycles. The first kappa shape index (κ1) is 11.1. The molecule has 0 spiro atoms. The van der Waals surface area contributed by atoms with E-state index >= 15 is 0 Å². The highest BCUT2D eigenvalue weighted by molar-refractivity contribution is 5.53. The summed E-state index contributed by atoms with van der Waals surface area (Å²) in [6.07, 6.45) is 2.75. The highest BCUT2D eigenvalue weighted by atomic mass is 19.1. The molecule has 0 atom stereocenters. The van der Waals surface area contributed by atoms with Crippen LogP contribution in [0.25, 0.3) is 0 Å². The minimum Gasteiger partial charge on any atom is -0.324 e. The summed E-state index contributed by atoms with van der Waals surface area (Å²) in [6, 6.07) is 6.15. The number of aromatic nitrogens is 2. The molecule has 4 nitrogen and oxygen atoms in total. The van der Waals surface area contributed by atoms with Crippen LogP contribution in [0.4, 0.5) is 16.0 Å². The van der Waals surface area contributed by atoms with Crippen molar-refractivity contribution in [2.75, 3.05) is 11.9 Å². The van der Waals surface area contributed by atoms with Crippen molar-refractivity contribution in [1.29, 1.82) is 0 Å². The van der Waals surface area contributed by atoms with Crippen LogP contribution in [0.1, 0.15) is 11.3 Å². The first-order valence-corrected chi connectivity index (χ1v) is 5.89. The van der Waals surface area contributed by atoms with Gasteiger partial charge in [-0.15, -0.1) is 0 Å². The van der Waals surface area contributed by atoms with E-state index in [9.17, 15) is 4.39 Å². The Balaban J connectivity index is 1.82. The van der Waals surface area contributed by atoms with Gasteiger partial charge < -0.3 is 10.6 Å². The predicted molar refractivity (Wildman–Crippen MR) is 67.1 cm³/mol. The van der Waals surface area contributed by atoms with E-state index in [1.54, 1.807) is 12.1 Å². The maximum absolute atomic E-state index is 12.8. The Hall–Kier alpha value is -2.01. The van der Waals surface area contributed by atoms with Crippen molar-refractivity contribution in [1.82, 2.24) is 15.3 Å². The van der Waals surface area contributed by atoms with Crippen LogP contribution in [0.3, 0.4) is 0 Å². The lowest BCUT2D eigenvalue weighted by Crippen LogP contribution is -2.25. The van der Waals surface area contributed by atoms with E-state index in [-0.39, 0.29) is 5.82 Å². The number of hydrogen-bond acceptors (Lipinski definition) is 4. The normalized spacial score (nSPS) is 14.1. The van der Waals surface area contributed by atoms with Crippen molar-refractivity contribution in [3.05, 3.63) is 47.5 Å². The van der Waals surface area contributed by atoms with E-state index in [0.29, 0.717) is 5.95 Å². The predicted octanol–water partition coefficient (Wildman–Crippen LogP) is 2.00. The van der Waals surface area contributed by atoms with Crippen molar-refractivity contribution in [2.24, 2.45) is 0 Å². The van der Waals surface area contributed by atoms with E-state index in [1.807, 2.05) is 6.20 Å². The fraction of sp³-hybridized carbons (Fsp3) is 0.231. The molecule has 0 aliphatic carbocycles. The maximum atomic E-state index is 12.8. The van der Waals surface area contributed by atoms with Gasteiger partial charge in [0.1, 0.15) is 5.82 Å². The Bertz CT molecular complexity index is 553. The molecule has 1 aliphatic heterocycles. The summed E-state index contributed by atoms with van der Waals surface area (Å²) in [5.74, 6) is 0.306. The highest BCUT2D eigenvalue weighted by Gasteiger charge is 2.11. The zero-order chi connectivity index (χ0) is 12.4. The molecule has 1 aromatic carbocycles. The Morgan fingerprint density at radius 1 is 1.22 bits per heavy atom. The van der Waals surface area contributed by atoms with Gasteiger partial charge in [-0.1, -0.05) is 0 Å². The summed E-state index contributed by atoms with van der Waals surface area (Å²) in [5.41, 5.74) is 3.00. The van der Waals surface area contributed by atoms with Crippen molar-refractivity contribution in [3.8, 4) is 0 Å². The van der Waals surface area contributed by atoms with E-state index in [1.165, 1.54) is 12.1 Å². The fourth-order valence-corrected chi connectivity index (χ4v) is 1.96. The Labute approximate surface area is 104 Å².